The van der Waals surface area contributed by atoms with Crippen LogP contribution in [-0.4, -0.2) is 19.4 Å². The fourth-order valence-electron chi connectivity index (χ4n) is 2.63. The third kappa shape index (κ3) is 3.17. The van der Waals surface area contributed by atoms with Crippen molar-refractivity contribution in [1.29, 1.82) is 0 Å². The second-order valence-corrected chi connectivity index (χ2v) is 6.83. The molecule has 0 fully saturated rings. The van der Waals surface area contributed by atoms with Gasteiger partial charge in [-0.3, -0.25) is 18.7 Å². The van der Waals surface area contributed by atoms with Crippen LogP contribution in [0.4, 0.5) is 10.1 Å². The van der Waals surface area contributed by atoms with Crippen LogP contribution in [0.5, 0.6) is 0 Å². The van der Waals surface area contributed by atoms with Crippen molar-refractivity contribution in [1.82, 2.24) is 13.5 Å². The first-order valence-electron chi connectivity index (χ1n) is 7.95. The van der Waals surface area contributed by atoms with Gasteiger partial charge in [0.05, 0.1) is 5.52 Å². The molecular weight excluding hydrogens is 359 g/mol. The first-order valence-corrected chi connectivity index (χ1v) is 8.78. The predicted octanol–water partition coefficient (Wildman–Crippen LogP) is 2.29. The van der Waals surface area contributed by atoms with Crippen molar-refractivity contribution >= 4 is 34.2 Å². The molecule has 26 heavy (non-hydrogen) atoms. The number of aromatic nitrogens is 3. The maximum absolute atomic E-state index is 13.6. The van der Waals surface area contributed by atoms with Gasteiger partial charge < -0.3 is 5.32 Å². The Morgan fingerprint density at radius 2 is 2.08 bits per heavy atom. The lowest BCUT2D eigenvalue weighted by molar-refractivity contribution is -0.116. The third-order valence-electron chi connectivity index (χ3n) is 3.97. The Kier molecular flexibility index (Phi) is 4.73. The summed E-state index contributed by atoms with van der Waals surface area (Å²) >= 11 is 1.04. The average molecular weight is 376 g/mol. The monoisotopic (exact) mass is 376 g/mol. The third-order valence-corrected chi connectivity index (χ3v) is 4.59. The number of nitrogens with zero attached hydrogens (tertiary/aromatic N) is 3. The number of hydrogen-bond acceptors (Lipinski definition) is 5. The van der Waals surface area contributed by atoms with Crippen molar-refractivity contribution in [3.8, 4) is 0 Å². The van der Waals surface area contributed by atoms with Crippen molar-refractivity contribution in [3.05, 3.63) is 55.8 Å². The van der Waals surface area contributed by atoms with Gasteiger partial charge in [0.25, 0.3) is 5.56 Å². The molecule has 1 N–H and O–H groups in total. The average Bonchev–Trinajstić information content (AvgIpc) is 3.04. The van der Waals surface area contributed by atoms with Crippen LogP contribution in [-0.2, 0) is 11.3 Å². The minimum Gasteiger partial charge on any atom is -0.324 e. The molecule has 2 heterocycles. The molecule has 0 aliphatic carbocycles. The molecule has 3 rings (SSSR count). The first-order chi connectivity index (χ1) is 12.3. The zero-order valence-corrected chi connectivity index (χ0v) is 15.3. The summed E-state index contributed by atoms with van der Waals surface area (Å²) in [6, 6.07) is 3.97. The van der Waals surface area contributed by atoms with Crippen molar-refractivity contribution in [2.75, 3.05) is 5.32 Å². The van der Waals surface area contributed by atoms with Crippen LogP contribution < -0.4 is 16.6 Å². The van der Waals surface area contributed by atoms with Crippen LogP contribution in [0.15, 0.2) is 33.2 Å². The van der Waals surface area contributed by atoms with E-state index in [4.69, 9.17) is 0 Å². The maximum atomic E-state index is 13.6. The van der Waals surface area contributed by atoms with Crippen LogP contribution in [0, 0.1) is 12.7 Å². The number of amides is 1. The van der Waals surface area contributed by atoms with E-state index < -0.39 is 23.0 Å². The Morgan fingerprint density at radius 3 is 2.73 bits per heavy atom. The Labute approximate surface area is 151 Å². The Hall–Kier alpha value is -2.81. The number of hydrogen-bond donors (Lipinski definition) is 1. The van der Waals surface area contributed by atoms with E-state index >= 15 is 0 Å². The van der Waals surface area contributed by atoms with Crippen LogP contribution >= 0.6 is 11.5 Å². The number of fused-ring (bicyclic) bond motifs is 1. The summed E-state index contributed by atoms with van der Waals surface area (Å²) in [6.07, 6.45) is 0. The van der Waals surface area contributed by atoms with Gasteiger partial charge in [-0.05, 0) is 50.0 Å². The van der Waals surface area contributed by atoms with E-state index in [2.05, 4.69) is 9.69 Å². The molecule has 9 heteroatoms. The van der Waals surface area contributed by atoms with Gasteiger partial charge in [-0.2, -0.15) is 4.37 Å². The lowest BCUT2D eigenvalue weighted by Gasteiger charge is -2.14. The summed E-state index contributed by atoms with van der Waals surface area (Å²) in [6.45, 7) is 4.73. The van der Waals surface area contributed by atoms with Crippen molar-refractivity contribution < 1.29 is 9.18 Å². The van der Waals surface area contributed by atoms with Crippen LogP contribution in [0.2, 0.25) is 0 Å². The minimum atomic E-state index is -0.581. The molecule has 1 aromatic carbocycles. The molecule has 3 aromatic rings. The molecule has 0 radical (unpaired) electrons. The zero-order chi connectivity index (χ0) is 19.0. The number of halogens is 1. The second-order valence-electron chi connectivity index (χ2n) is 6.20. The van der Waals surface area contributed by atoms with Gasteiger partial charge in [-0.1, -0.05) is 6.07 Å². The van der Waals surface area contributed by atoms with Gasteiger partial charge in [-0.25, -0.2) is 9.18 Å². The number of carbonyl (C=O) groups excluding carboxylic acids is 1. The molecule has 0 aliphatic rings. The summed E-state index contributed by atoms with van der Waals surface area (Å²) in [5.74, 6) is -0.936. The minimum absolute atomic E-state index is 0.150. The highest BCUT2D eigenvalue weighted by Gasteiger charge is 2.18. The number of benzene rings is 1. The van der Waals surface area contributed by atoms with Crippen LogP contribution in [0.3, 0.4) is 0 Å². The van der Waals surface area contributed by atoms with Gasteiger partial charge in [-0.15, -0.1) is 0 Å². The number of nitrogens with one attached hydrogen (secondary N) is 1. The SMILES string of the molecule is Cc1ccc(NC(=O)Cn2c(=O)n(C(C)C)c(=O)c3nscc32)cc1F. The molecule has 136 valence electrons. The molecule has 0 atom stereocenters. The Balaban J connectivity index is 1.99. The normalized spacial score (nSPS) is 11.3. The van der Waals surface area contributed by atoms with E-state index in [1.165, 1.54) is 10.6 Å². The largest absolute Gasteiger partial charge is 0.332 e. The number of rotatable bonds is 4. The summed E-state index contributed by atoms with van der Waals surface area (Å²) in [4.78, 5) is 37.5. The van der Waals surface area contributed by atoms with Crippen LogP contribution in [0.25, 0.3) is 11.0 Å². The van der Waals surface area contributed by atoms with Crippen LogP contribution in [0.1, 0.15) is 25.5 Å². The zero-order valence-electron chi connectivity index (χ0n) is 14.4. The Morgan fingerprint density at radius 1 is 1.35 bits per heavy atom. The Bertz CT molecular complexity index is 1110. The topological polar surface area (TPSA) is 86.0 Å². The van der Waals surface area contributed by atoms with E-state index in [0.29, 0.717) is 16.8 Å². The quantitative estimate of drug-likeness (QED) is 0.757. The van der Waals surface area contributed by atoms with E-state index in [-0.39, 0.29) is 18.1 Å². The number of carbonyl (C=O) groups is 1. The van der Waals surface area contributed by atoms with Gasteiger partial charge in [0.2, 0.25) is 5.91 Å². The molecule has 7 nitrogen and oxygen atoms in total. The molecule has 0 saturated carbocycles. The second kappa shape index (κ2) is 6.83. The van der Waals surface area contributed by atoms with Gasteiger partial charge in [0.15, 0.2) is 5.52 Å². The van der Waals surface area contributed by atoms with E-state index in [1.807, 2.05) is 0 Å². The van der Waals surface area contributed by atoms with E-state index in [0.717, 1.165) is 16.1 Å². The maximum Gasteiger partial charge on any atom is 0.332 e. The smallest absolute Gasteiger partial charge is 0.324 e. The molecule has 0 bridgehead atoms. The molecule has 0 unspecified atom stereocenters. The highest BCUT2D eigenvalue weighted by atomic mass is 32.1. The molecule has 1 amide bonds. The summed E-state index contributed by atoms with van der Waals surface area (Å²) in [7, 11) is 0. The fourth-order valence-corrected chi connectivity index (χ4v) is 3.30. The molecule has 0 aliphatic heterocycles. The van der Waals surface area contributed by atoms with Crippen molar-refractivity contribution in [2.24, 2.45) is 0 Å². The highest BCUT2D eigenvalue weighted by Crippen LogP contribution is 2.14. The predicted molar refractivity (Wildman–Crippen MR) is 98.3 cm³/mol. The van der Waals surface area contributed by atoms with Crippen molar-refractivity contribution in [2.45, 2.75) is 33.4 Å². The van der Waals surface area contributed by atoms with E-state index in [9.17, 15) is 18.8 Å². The van der Waals surface area contributed by atoms with Gasteiger partial charge in [0, 0.05) is 17.1 Å². The number of aryl methyl sites for hydroxylation is 1. The lowest BCUT2D eigenvalue weighted by Crippen LogP contribution is -2.42. The molecule has 0 saturated heterocycles. The summed E-state index contributed by atoms with van der Waals surface area (Å²) in [5.41, 5.74) is 0.170. The van der Waals surface area contributed by atoms with E-state index in [1.54, 1.807) is 38.3 Å². The number of anilines is 1. The lowest BCUT2D eigenvalue weighted by atomic mass is 10.2. The first kappa shape index (κ1) is 18.0. The van der Waals surface area contributed by atoms with Gasteiger partial charge in [0.1, 0.15) is 12.4 Å². The molecule has 2 aromatic heterocycles. The summed E-state index contributed by atoms with van der Waals surface area (Å²) < 4.78 is 19.9. The molecule has 0 spiro atoms. The molecular formula is C17H17FN4O3S. The summed E-state index contributed by atoms with van der Waals surface area (Å²) in [5, 5.41) is 4.12. The van der Waals surface area contributed by atoms with Gasteiger partial charge >= 0.3 is 5.69 Å². The van der Waals surface area contributed by atoms with Crippen molar-refractivity contribution in [3.63, 3.8) is 0 Å². The fraction of sp³-hybridized carbons (Fsp3) is 0.294. The standard InChI is InChI=1S/C17H17FN4O3S/c1-9(2)22-16(24)15-13(8-26-20-15)21(17(22)25)7-14(23)19-11-5-4-10(3)12(18)6-11/h4-6,8-9H,7H2,1-3H3,(H,19,23). The highest BCUT2D eigenvalue weighted by molar-refractivity contribution is 7.04.